The van der Waals surface area contributed by atoms with Gasteiger partial charge in [-0.1, -0.05) is 35.3 Å². The number of hydrogen-bond acceptors (Lipinski definition) is 3. The van der Waals surface area contributed by atoms with E-state index >= 15 is 0 Å². The molecule has 0 heterocycles. The Labute approximate surface area is 150 Å². The van der Waals surface area contributed by atoms with Crippen LogP contribution < -0.4 is 15.0 Å². The molecule has 2 amide bonds. The van der Waals surface area contributed by atoms with E-state index < -0.39 is 0 Å². The number of amides is 2. The van der Waals surface area contributed by atoms with Gasteiger partial charge in [0.05, 0.1) is 22.8 Å². The maximum absolute atomic E-state index is 12.3. The predicted octanol–water partition coefficient (Wildman–Crippen LogP) is 3.99. The third-order valence-electron chi connectivity index (χ3n) is 3.26. The van der Waals surface area contributed by atoms with Crippen LogP contribution in [0.5, 0.6) is 5.75 Å². The summed E-state index contributed by atoms with van der Waals surface area (Å²) >= 11 is 12.1. The highest BCUT2D eigenvalue weighted by atomic mass is 35.5. The minimum absolute atomic E-state index is 0.188. The maximum Gasteiger partial charge on any atom is 0.244 e. The molecule has 0 atom stereocenters. The van der Waals surface area contributed by atoms with Gasteiger partial charge in [-0.25, -0.2) is 0 Å². The van der Waals surface area contributed by atoms with Crippen LogP contribution in [0.3, 0.4) is 0 Å². The van der Waals surface area contributed by atoms with Gasteiger partial charge in [-0.15, -0.1) is 0 Å². The molecule has 0 saturated carbocycles. The third kappa shape index (κ3) is 4.40. The standard InChI is InChI=1S/C17H16Cl2N2O3/c1-11(22)21(15-8-4-7-14(18)17(15)19)10-16(23)20-12-5-3-6-13(9-12)24-2/h3-9H,10H2,1-2H3,(H,20,23). The molecule has 24 heavy (non-hydrogen) atoms. The lowest BCUT2D eigenvalue weighted by Crippen LogP contribution is -2.36. The zero-order valence-electron chi connectivity index (χ0n) is 13.2. The fraction of sp³-hybridized carbons (Fsp3) is 0.176. The van der Waals surface area contributed by atoms with Gasteiger partial charge in [-0.2, -0.15) is 0 Å². The quantitative estimate of drug-likeness (QED) is 0.869. The largest absolute Gasteiger partial charge is 0.497 e. The van der Waals surface area contributed by atoms with Crippen LogP contribution >= 0.6 is 23.2 Å². The Hall–Kier alpha value is -2.24. The zero-order valence-corrected chi connectivity index (χ0v) is 14.7. The van der Waals surface area contributed by atoms with E-state index in [1.807, 2.05) is 0 Å². The Bertz CT molecular complexity index is 765. The van der Waals surface area contributed by atoms with Crippen molar-refractivity contribution in [2.75, 3.05) is 23.9 Å². The van der Waals surface area contributed by atoms with E-state index in [-0.39, 0.29) is 23.4 Å². The van der Waals surface area contributed by atoms with E-state index in [1.54, 1.807) is 49.6 Å². The first-order chi connectivity index (χ1) is 11.4. The van der Waals surface area contributed by atoms with Crippen molar-refractivity contribution in [1.29, 1.82) is 0 Å². The van der Waals surface area contributed by atoms with Crippen LogP contribution in [-0.4, -0.2) is 25.5 Å². The number of hydrogen-bond donors (Lipinski definition) is 1. The average molecular weight is 367 g/mol. The van der Waals surface area contributed by atoms with E-state index in [0.717, 1.165) is 0 Å². The van der Waals surface area contributed by atoms with Crippen LogP contribution in [0.4, 0.5) is 11.4 Å². The summed E-state index contributed by atoms with van der Waals surface area (Å²) in [5.74, 6) is -0.0661. The number of rotatable bonds is 5. The van der Waals surface area contributed by atoms with Crippen molar-refractivity contribution in [1.82, 2.24) is 0 Å². The number of anilines is 2. The lowest BCUT2D eigenvalue weighted by molar-refractivity contribution is -0.120. The fourth-order valence-electron chi connectivity index (χ4n) is 2.11. The van der Waals surface area contributed by atoms with Gasteiger partial charge in [-0.05, 0) is 24.3 Å². The van der Waals surface area contributed by atoms with Gasteiger partial charge in [0.15, 0.2) is 0 Å². The first-order valence-corrected chi connectivity index (χ1v) is 7.84. The molecule has 126 valence electrons. The summed E-state index contributed by atoms with van der Waals surface area (Å²) in [6, 6.07) is 11.8. The minimum atomic E-state index is -0.366. The molecular formula is C17H16Cl2N2O3. The molecule has 2 aromatic carbocycles. The molecule has 5 nitrogen and oxygen atoms in total. The normalized spacial score (nSPS) is 10.2. The van der Waals surface area contributed by atoms with E-state index in [9.17, 15) is 9.59 Å². The number of carbonyl (C=O) groups is 2. The summed E-state index contributed by atoms with van der Waals surface area (Å²) in [5, 5.41) is 3.26. The second kappa shape index (κ2) is 8.04. The SMILES string of the molecule is COc1cccc(NC(=O)CN(C(C)=O)c2cccc(Cl)c2Cl)c1. The molecule has 0 bridgehead atoms. The van der Waals surface area contributed by atoms with Gasteiger partial charge < -0.3 is 15.0 Å². The van der Waals surface area contributed by atoms with Crippen molar-refractivity contribution < 1.29 is 14.3 Å². The highest BCUT2D eigenvalue weighted by Crippen LogP contribution is 2.32. The Balaban J connectivity index is 2.17. The average Bonchev–Trinajstić information content (AvgIpc) is 2.55. The molecule has 7 heteroatoms. The number of ether oxygens (including phenoxy) is 1. The third-order valence-corrected chi connectivity index (χ3v) is 4.07. The predicted molar refractivity (Wildman–Crippen MR) is 96.1 cm³/mol. The van der Waals surface area contributed by atoms with Crippen LogP contribution in [0.15, 0.2) is 42.5 Å². The van der Waals surface area contributed by atoms with Gasteiger partial charge in [0, 0.05) is 18.7 Å². The van der Waals surface area contributed by atoms with Crippen LogP contribution in [0.1, 0.15) is 6.92 Å². The highest BCUT2D eigenvalue weighted by Gasteiger charge is 2.19. The summed E-state index contributed by atoms with van der Waals surface area (Å²) < 4.78 is 5.11. The topological polar surface area (TPSA) is 58.6 Å². The van der Waals surface area contributed by atoms with Crippen molar-refractivity contribution in [2.45, 2.75) is 6.92 Å². The second-order valence-corrected chi connectivity index (χ2v) is 5.74. The Morgan fingerprint density at radius 3 is 2.54 bits per heavy atom. The van der Waals surface area contributed by atoms with E-state index in [2.05, 4.69) is 5.32 Å². The molecule has 0 unspecified atom stereocenters. The summed E-state index contributed by atoms with van der Waals surface area (Å²) in [7, 11) is 1.54. The summed E-state index contributed by atoms with van der Waals surface area (Å²) in [4.78, 5) is 25.5. The molecule has 0 saturated heterocycles. The molecular weight excluding hydrogens is 351 g/mol. The lowest BCUT2D eigenvalue weighted by Gasteiger charge is -2.22. The summed E-state index contributed by atoms with van der Waals surface area (Å²) in [6.45, 7) is 1.17. The van der Waals surface area contributed by atoms with Crippen LogP contribution in [0.25, 0.3) is 0 Å². The molecule has 0 aromatic heterocycles. The monoisotopic (exact) mass is 366 g/mol. The van der Waals surface area contributed by atoms with Gasteiger partial charge in [-0.3, -0.25) is 9.59 Å². The molecule has 0 fully saturated rings. The van der Waals surface area contributed by atoms with Gasteiger partial charge in [0.1, 0.15) is 12.3 Å². The molecule has 0 aliphatic rings. The van der Waals surface area contributed by atoms with Crippen molar-refractivity contribution in [3.63, 3.8) is 0 Å². The molecule has 0 aliphatic carbocycles. The molecule has 1 N–H and O–H groups in total. The molecule has 0 radical (unpaired) electrons. The van der Waals surface area contributed by atoms with Gasteiger partial charge >= 0.3 is 0 Å². The molecule has 2 rings (SSSR count). The Kier molecular flexibility index (Phi) is 6.06. The number of nitrogens with one attached hydrogen (secondary N) is 1. The van der Waals surface area contributed by atoms with E-state index in [1.165, 1.54) is 11.8 Å². The van der Waals surface area contributed by atoms with Crippen molar-refractivity contribution >= 4 is 46.4 Å². The smallest absolute Gasteiger partial charge is 0.244 e. The van der Waals surface area contributed by atoms with Crippen molar-refractivity contribution in [3.05, 3.63) is 52.5 Å². The number of carbonyl (C=O) groups excluding carboxylic acids is 2. The number of nitrogens with zero attached hydrogens (tertiary/aromatic N) is 1. The van der Waals surface area contributed by atoms with Gasteiger partial charge in [0.25, 0.3) is 0 Å². The first-order valence-electron chi connectivity index (χ1n) is 7.08. The summed E-state index contributed by atoms with van der Waals surface area (Å²) in [6.07, 6.45) is 0. The lowest BCUT2D eigenvalue weighted by atomic mass is 10.2. The van der Waals surface area contributed by atoms with Crippen molar-refractivity contribution in [3.8, 4) is 5.75 Å². The number of methoxy groups -OCH3 is 1. The van der Waals surface area contributed by atoms with Crippen molar-refractivity contribution in [2.24, 2.45) is 0 Å². The second-order valence-electron chi connectivity index (χ2n) is 4.96. The van der Waals surface area contributed by atoms with E-state index in [0.29, 0.717) is 22.1 Å². The molecule has 0 aliphatic heterocycles. The molecule has 0 spiro atoms. The Morgan fingerprint density at radius 1 is 1.17 bits per heavy atom. The maximum atomic E-state index is 12.3. The fourth-order valence-corrected chi connectivity index (χ4v) is 2.51. The first kappa shape index (κ1) is 18.1. The van der Waals surface area contributed by atoms with E-state index in [4.69, 9.17) is 27.9 Å². The molecule has 2 aromatic rings. The van der Waals surface area contributed by atoms with Crippen LogP contribution in [0.2, 0.25) is 10.0 Å². The van der Waals surface area contributed by atoms with Gasteiger partial charge in [0.2, 0.25) is 11.8 Å². The Morgan fingerprint density at radius 2 is 1.88 bits per heavy atom. The number of halogens is 2. The zero-order chi connectivity index (χ0) is 17.7. The van der Waals surface area contributed by atoms with Crippen LogP contribution in [0, 0.1) is 0 Å². The highest BCUT2D eigenvalue weighted by molar-refractivity contribution is 6.44. The van der Waals surface area contributed by atoms with Crippen LogP contribution in [-0.2, 0) is 9.59 Å². The minimum Gasteiger partial charge on any atom is -0.497 e. The number of benzene rings is 2. The summed E-state index contributed by atoms with van der Waals surface area (Å²) in [5.41, 5.74) is 0.956.